The topological polar surface area (TPSA) is 64.6 Å². The quantitative estimate of drug-likeness (QED) is 0.619. The zero-order valence-corrected chi connectivity index (χ0v) is 14.0. The molecule has 122 valence electrons. The Morgan fingerprint density at radius 2 is 1.65 bits per heavy atom. The second kappa shape index (κ2) is 7.95. The van der Waals surface area contributed by atoms with E-state index in [9.17, 15) is 9.36 Å². The van der Waals surface area contributed by atoms with Crippen LogP contribution in [0.25, 0.3) is 0 Å². The van der Waals surface area contributed by atoms with Crippen LogP contribution in [0.5, 0.6) is 5.75 Å². The van der Waals surface area contributed by atoms with Gasteiger partial charge in [-0.3, -0.25) is 9.36 Å². The Kier molecular flexibility index (Phi) is 5.97. The number of hydrogen-bond acceptors (Lipinski definition) is 4. The molecule has 2 atom stereocenters. The number of esters is 1. The number of rotatable bonds is 7. The van der Waals surface area contributed by atoms with Crippen LogP contribution in [0, 0.1) is 0 Å². The summed E-state index contributed by atoms with van der Waals surface area (Å²) in [5.41, 5.74) is 0.897. The van der Waals surface area contributed by atoms with E-state index in [4.69, 9.17) is 9.26 Å². The van der Waals surface area contributed by atoms with E-state index in [-0.39, 0.29) is 6.61 Å². The summed E-state index contributed by atoms with van der Waals surface area (Å²) >= 11 is 0. The summed E-state index contributed by atoms with van der Waals surface area (Å²) in [5, 5.41) is 2.70. The van der Waals surface area contributed by atoms with E-state index in [0.29, 0.717) is 5.75 Å². The van der Waals surface area contributed by atoms with Crippen LogP contribution in [0.1, 0.15) is 12.5 Å². The van der Waals surface area contributed by atoms with Crippen LogP contribution >= 0.6 is 7.52 Å². The molecule has 0 spiro atoms. The molecule has 0 fully saturated rings. The zero-order valence-electron chi connectivity index (χ0n) is 13.1. The van der Waals surface area contributed by atoms with Gasteiger partial charge in [-0.25, -0.2) is 5.09 Å². The first-order chi connectivity index (χ1) is 11.0. The number of ether oxygens (including phenoxy) is 1. The molecule has 0 saturated carbocycles. The minimum absolute atomic E-state index is 0.180. The second-order valence-electron chi connectivity index (χ2n) is 5.19. The number of nitrogens with one attached hydrogen (secondary N) is 1. The molecular weight excluding hydrogens is 313 g/mol. The van der Waals surface area contributed by atoms with Gasteiger partial charge in [0.15, 0.2) is 0 Å². The highest BCUT2D eigenvalue weighted by atomic mass is 31.2. The third-order valence-corrected chi connectivity index (χ3v) is 4.44. The van der Waals surface area contributed by atoms with Gasteiger partial charge >= 0.3 is 13.5 Å². The van der Waals surface area contributed by atoms with Gasteiger partial charge < -0.3 is 9.26 Å². The number of para-hydroxylation sites is 1. The van der Waals surface area contributed by atoms with E-state index < -0.39 is 19.5 Å². The van der Waals surface area contributed by atoms with Crippen molar-refractivity contribution in [3.05, 3.63) is 66.2 Å². The van der Waals surface area contributed by atoms with E-state index in [1.807, 2.05) is 36.4 Å². The molecule has 0 aromatic heterocycles. The Labute approximate surface area is 136 Å². The number of benzene rings is 2. The van der Waals surface area contributed by atoms with Crippen LogP contribution in [0.15, 0.2) is 60.7 Å². The summed E-state index contributed by atoms with van der Waals surface area (Å²) in [6.45, 7) is 3.21. The van der Waals surface area contributed by atoms with Crippen molar-refractivity contribution in [3.8, 4) is 5.75 Å². The average Bonchev–Trinajstić information content (AvgIpc) is 2.53. The molecule has 0 aliphatic heterocycles. The predicted octanol–water partition coefficient (Wildman–Crippen LogP) is 3.61. The molecule has 2 rings (SSSR count). The summed E-state index contributed by atoms with van der Waals surface area (Å²) in [6.07, 6.45) is 0. The van der Waals surface area contributed by atoms with Gasteiger partial charge in [0.2, 0.25) is 0 Å². The van der Waals surface area contributed by atoms with Crippen LogP contribution in [-0.2, 0) is 20.7 Å². The second-order valence-corrected chi connectivity index (χ2v) is 7.33. The number of carbonyl (C=O) groups is 1. The van der Waals surface area contributed by atoms with Gasteiger partial charge in [0, 0.05) is 6.66 Å². The molecule has 0 heterocycles. The van der Waals surface area contributed by atoms with Crippen molar-refractivity contribution >= 4 is 13.5 Å². The molecule has 1 unspecified atom stereocenters. The fourth-order valence-electron chi connectivity index (χ4n) is 1.97. The summed E-state index contributed by atoms with van der Waals surface area (Å²) in [6, 6.07) is 17.5. The van der Waals surface area contributed by atoms with Gasteiger partial charge in [-0.15, -0.1) is 0 Å². The lowest BCUT2D eigenvalue weighted by Gasteiger charge is -2.20. The maximum absolute atomic E-state index is 12.4. The Morgan fingerprint density at radius 1 is 1.09 bits per heavy atom. The van der Waals surface area contributed by atoms with E-state index in [1.165, 1.54) is 6.66 Å². The van der Waals surface area contributed by atoms with Crippen LogP contribution in [0.2, 0.25) is 0 Å². The van der Waals surface area contributed by atoms with Crippen molar-refractivity contribution in [1.29, 1.82) is 0 Å². The third-order valence-electron chi connectivity index (χ3n) is 3.03. The van der Waals surface area contributed by atoms with Crippen molar-refractivity contribution in [3.63, 3.8) is 0 Å². The normalized spacial score (nSPS) is 14.5. The Bertz CT molecular complexity index is 676. The summed E-state index contributed by atoms with van der Waals surface area (Å²) < 4.78 is 23.1. The van der Waals surface area contributed by atoms with Crippen molar-refractivity contribution < 1.29 is 18.6 Å². The summed E-state index contributed by atoms with van der Waals surface area (Å²) in [4.78, 5) is 12.0. The highest BCUT2D eigenvalue weighted by Crippen LogP contribution is 2.39. The van der Waals surface area contributed by atoms with Crippen LogP contribution in [0.3, 0.4) is 0 Å². The first-order valence-corrected chi connectivity index (χ1v) is 9.34. The summed E-state index contributed by atoms with van der Waals surface area (Å²) in [5.74, 6) is 0.00303. The predicted molar refractivity (Wildman–Crippen MR) is 89.4 cm³/mol. The molecule has 0 bridgehead atoms. The summed E-state index contributed by atoms with van der Waals surface area (Å²) in [7, 11) is -3.17. The highest BCUT2D eigenvalue weighted by Gasteiger charge is 2.25. The molecule has 0 aliphatic rings. The Morgan fingerprint density at radius 3 is 2.26 bits per heavy atom. The minimum Gasteiger partial charge on any atom is -0.460 e. The van der Waals surface area contributed by atoms with E-state index in [1.54, 1.807) is 31.2 Å². The molecule has 0 saturated heterocycles. The first-order valence-electron chi connectivity index (χ1n) is 7.27. The molecular formula is C17H20NO4P. The van der Waals surface area contributed by atoms with Crippen LogP contribution in [-0.4, -0.2) is 18.7 Å². The van der Waals surface area contributed by atoms with E-state index in [0.717, 1.165) is 5.56 Å². The fourth-order valence-corrected chi connectivity index (χ4v) is 3.35. The molecule has 0 aliphatic carbocycles. The zero-order chi connectivity index (χ0) is 16.7. The standard InChI is InChI=1S/C17H20NO4P/c1-14(17(19)21-13-15-9-5-3-6-10-15)18-23(2,20)22-16-11-7-4-8-12-16/h3-12,14H,13H2,1-2H3,(H,18,20)/t14-,23?/m0/s1. The molecule has 5 nitrogen and oxygen atoms in total. The van der Waals surface area contributed by atoms with Gasteiger partial charge in [0.25, 0.3) is 0 Å². The molecule has 1 N–H and O–H groups in total. The maximum Gasteiger partial charge on any atom is 0.323 e. The lowest BCUT2D eigenvalue weighted by atomic mass is 10.2. The molecule has 2 aromatic carbocycles. The molecule has 23 heavy (non-hydrogen) atoms. The van der Waals surface area contributed by atoms with Crippen LogP contribution < -0.4 is 9.61 Å². The van der Waals surface area contributed by atoms with Gasteiger partial charge in [-0.05, 0) is 24.6 Å². The highest BCUT2D eigenvalue weighted by molar-refractivity contribution is 7.56. The molecule has 6 heteroatoms. The molecule has 0 radical (unpaired) electrons. The van der Waals surface area contributed by atoms with Crippen molar-refractivity contribution in [2.45, 2.75) is 19.6 Å². The van der Waals surface area contributed by atoms with E-state index >= 15 is 0 Å². The Hall–Kier alpha value is -2.10. The largest absolute Gasteiger partial charge is 0.460 e. The fraction of sp³-hybridized carbons (Fsp3) is 0.235. The SMILES string of the molecule is C[C@H](NP(C)(=O)Oc1ccccc1)C(=O)OCc1ccccc1. The minimum atomic E-state index is -3.17. The van der Waals surface area contributed by atoms with Gasteiger partial charge in [-0.1, -0.05) is 48.5 Å². The Balaban J connectivity index is 1.86. The van der Waals surface area contributed by atoms with Crippen LogP contribution in [0.4, 0.5) is 0 Å². The lowest BCUT2D eigenvalue weighted by molar-refractivity contribution is -0.146. The van der Waals surface area contributed by atoms with Gasteiger partial charge in [0.05, 0.1) is 0 Å². The van der Waals surface area contributed by atoms with E-state index in [2.05, 4.69) is 5.09 Å². The smallest absolute Gasteiger partial charge is 0.323 e. The van der Waals surface area contributed by atoms with Crippen molar-refractivity contribution in [2.24, 2.45) is 0 Å². The monoisotopic (exact) mass is 333 g/mol. The number of carbonyl (C=O) groups excluding carboxylic acids is 1. The lowest BCUT2D eigenvalue weighted by Crippen LogP contribution is -2.34. The molecule has 2 aromatic rings. The van der Waals surface area contributed by atoms with Crippen molar-refractivity contribution in [2.75, 3.05) is 6.66 Å². The van der Waals surface area contributed by atoms with Gasteiger partial charge in [0.1, 0.15) is 18.4 Å². The maximum atomic E-state index is 12.4. The average molecular weight is 333 g/mol. The third kappa shape index (κ3) is 5.89. The van der Waals surface area contributed by atoms with Crippen molar-refractivity contribution in [1.82, 2.24) is 5.09 Å². The molecule has 0 amide bonds. The van der Waals surface area contributed by atoms with Gasteiger partial charge in [-0.2, -0.15) is 0 Å². The first kappa shape index (κ1) is 17.3. The number of hydrogen-bond donors (Lipinski definition) is 1.